The van der Waals surface area contributed by atoms with E-state index in [1.54, 1.807) is 0 Å². The Morgan fingerprint density at radius 1 is 1.21 bits per heavy atom. The van der Waals surface area contributed by atoms with Gasteiger partial charge in [0.25, 0.3) is 11.8 Å². The molecule has 1 aliphatic heterocycles. The molecule has 1 saturated carbocycles. The number of carbonyl (C=O) groups is 1. The molecule has 4 rings (SSSR count). The van der Waals surface area contributed by atoms with Crippen LogP contribution in [-0.2, 0) is 4.74 Å². The molecule has 0 atom stereocenters. The number of ether oxygens (including phenoxy) is 3. The Morgan fingerprint density at radius 2 is 2.00 bits per heavy atom. The van der Waals surface area contributed by atoms with Crippen molar-refractivity contribution in [1.82, 2.24) is 30.6 Å². The molecule has 0 bridgehead atoms. The van der Waals surface area contributed by atoms with Crippen LogP contribution in [0.3, 0.4) is 0 Å². The number of tetrazole rings is 1. The smallest absolute Gasteiger partial charge is 0.419 e. The molecule has 0 unspecified atom stereocenters. The van der Waals surface area contributed by atoms with Crippen molar-refractivity contribution in [2.45, 2.75) is 44.6 Å². The second kappa shape index (κ2) is 9.45. The first kappa shape index (κ1) is 19.3. The third-order valence-corrected chi connectivity index (χ3v) is 4.85. The Kier molecular flexibility index (Phi) is 6.29. The van der Waals surface area contributed by atoms with Gasteiger partial charge in [0.2, 0.25) is 11.7 Å². The highest BCUT2D eigenvalue weighted by molar-refractivity contribution is 5.84. The average Bonchev–Trinajstić information content (AvgIpc) is 3.11. The molecule has 2 aromatic heterocycles. The summed E-state index contributed by atoms with van der Waals surface area (Å²) in [7, 11) is 0. The van der Waals surface area contributed by atoms with E-state index >= 15 is 0 Å². The summed E-state index contributed by atoms with van der Waals surface area (Å²) in [5.74, 6) is 0.943. The van der Waals surface area contributed by atoms with Gasteiger partial charge in [0.05, 0.1) is 19.4 Å². The minimum Gasteiger partial charge on any atom is -0.472 e. The molecule has 3 heterocycles. The number of morpholine rings is 1. The van der Waals surface area contributed by atoms with Gasteiger partial charge in [-0.15, -0.1) is 5.10 Å². The number of aromatic amines is 1. The first-order valence-electron chi connectivity index (χ1n) is 9.86. The summed E-state index contributed by atoms with van der Waals surface area (Å²) in [5, 5.41) is 15.3. The molecule has 2 N–H and O–H groups in total. The highest BCUT2D eigenvalue weighted by Crippen LogP contribution is 2.30. The molecule has 12 heteroatoms. The van der Waals surface area contributed by atoms with Crippen LogP contribution in [0.15, 0.2) is 6.20 Å². The minimum absolute atomic E-state index is 0.00657. The lowest BCUT2D eigenvalue weighted by molar-refractivity contribution is 0.121. The van der Waals surface area contributed by atoms with Crippen LogP contribution in [0.25, 0.3) is 0 Å². The number of nitrogens with one attached hydrogen (secondary N) is 2. The van der Waals surface area contributed by atoms with Crippen molar-refractivity contribution in [3.05, 3.63) is 6.20 Å². The molecule has 2 fully saturated rings. The third-order valence-electron chi connectivity index (χ3n) is 4.85. The van der Waals surface area contributed by atoms with Gasteiger partial charge in [0.1, 0.15) is 6.10 Å². The van der Waals surface area contributed by atoms with E-state index in [1.807, 2.05) is 4.90 Å². The number of aromatic nitrogens is 6. The third kappa shape index (κ3) is 5.28. The quantitative estimate of drug-likeness (QED) is 0.705. The SMILES string of the molecule is O=C(Nc1nn[nH]n1)Oc1cnc(N2CCOCC2)nc1OC1CCCCCC1. The van der Waals surface area contributed by atoms with Crippen LogP contribution < -0.4 is 19.7 Å². The van der Waals surface area contributed by atoms with Gasteiger partial charge in [-0.05, 0) is 30.9 Å². The van der Waals surface area contributed by atoms with Gasteiger partial charge in [0, 0.05) is 13.1 Å². The Hall–Kier alpha value is -3.02. The average molecular weight is 404 g/mol. The highest BCUT2D eigenvalue weighted by Gasteiger charge is 2.22. The number of nitrogens with zero attached hydrogens (tertiary/aromatic N) is 6. The zero-order valence-electron chi connectivity index (χ0n) is 16.0. The molecule has 1 aliphatic carbocycles. The Morgan fingerprint density at radius 3 is 2.72 bits per heavy atom. The number of hydrogen-bond acceptors (Lipinski definition) is 10. The van der Waals surface area contributed by atoms with E-state index in [2.05, 4.69) is 35.9 Å². The minimum atomic E-state index is -0.778. The number of rotatable bonds is 5. The van der Waals surface area contributed by atoms with Crippen molar-refractivity contribution in [3.63, 3.8) is 0 Å². The molecule has 2 aliphatic rings. The second-order valence-electron chi connectivity index (χ2n) is 6.92. The maximum absolute atomic E-state index is 12.2. The first-order chi connectivity index (χ1) is 14.3. The molecule has 156 valence electrons. The standard InChI is InChI=1S/C17H24N8O4/c26-17(20-15-21-23-24-22-15)29-13-11-18-16(25-7-9-27-10-8-25)19-14(13)28-12-5-3-1-2-4-6-12/h11-12H,1-10H2,(H2,20,21,22,23,24,26). The van der Waals surface area contributed by atoms with Crippen LogP contribution in [0.4, 0.5) is 16.7 Å². The summed E-state index contributed by atoms with van der Waals surface area (Å²) in [6, 6.07) is 0. The molecule has 2 aromatic rings. The van der Waals surface area contributed by atoms with Crippen molar-refractivity contribution in [2.24, 2.45) is 0 Å². The maximum Gasteiger partial charge on any atom is 0.419 e. The largest absolute Gasteiger partial charge is 0.472 e. The Labute approximate surface area is 167 Å². The number of carbonyl (C=O) groups excluding carboxylic acids is 1. The van der Waals surface area contributed by atoms with E-state index in [0.717, 1.165) is 25.7 Å². The number of H-pyrrole nitrogens is 1. The molecule has 12 nitrogen and oxygen atoms in total. The Balaban J connectivity index is 1.52. The topological polar surface area (TPSA) is 140 Å². The van der Waals surface area contributed by atoms with E-state index in [1.165, 1.54) is 19.0 Å². The fourth-order valence-electron chi connectivity index (χ4n) is 3.37. The molecular weight excluding hydrogens is 380 g/mol. The fraction of sp³-hybridized carbons (Fsp3) is 0.647. The second-order valence-corrected chi connectivity index (χ2v) is 6.92. The lowest BCUT2D eigenvalue weighted by Gasteiger charge is -2.27. The van der Waals surface area contributed by atoms with Crippen LogP contribution in [0.1, 0.15) is 38.5 Å². The summed E-state index contributed by atoms with van der Waals surface area (Å²) in [5.41, 5.74) is 0. The van der Waals surface area contributed by atoms with Gasteiger partial charge in [-0.3, -0.25) is 5.32 Å². The van der Waals surface area contributed by atoms with Crippen LogP contribution in [0, 0.1) is 0 Å². The van der Waals surface area contributed by atoms with Crippen molar-refractivity contribution in [1.29, 1.82) is 0 Å². The predicted octanol–water partition coefficient (Wildman–Crippen LogP) is 1.54. The molecule has 0 spiro atoms. The molecule has 29 heavy (non-hydrogen) atoms. The summed E-state index contributed by atoms with van der Waals surface area (Å²) < 4.78 is 16.9. The zero-order chi connectivity index (χ0) is 19.9. The van der Waals surface area contributed by atoms with Crippen LogP contribution in [0.2, 0.25) is 0 Å². The van der Waals surface area contributed by atoms with E-state index in [-0.39, 0.29) is 23.7 Å². The summed E-state index contributed by atoms with van der Waals surface area (Å²) in [6.07, 6.45) is 7.25. The van der Waals surface area contributed by atoms with Crippen molar-refractivity contribution in [2.75, 3.05) is 36.5 Å². The predicted molar refractivity (Wildman–Crippen MR) is 101 cm³/mol. The van der Waals surface area contributed by atoms with E-state index in [4.69, 9.17) is 14.2 Å². The van der Waals surface area contributed by atoms with Crippen LogP contribution in [0.5, 0.6) is 11.6 Å². The van der Waals surface area contributed by atoms with Gasteiger partial charge < -0.3 is 19.1 Å². The van der Waals surface area contributed by atoms with E-state index in [9.17, 15) is 4.79 Å². The highest BCUT2D eigenvalue weighted by atomic mass is 16.6. The van der Waals surface area contributed by atoms with Gasteiger partial charge in [-0.2, -0.15) is 10.2 Å². The first-order valence-corrected chi connectivity index (χ1v) is 9.86. The van der Waals surface area contributed by atoms with Gasteiger partial charge in [-0.25, -0.2) is 9.78 Å². The van der Waals surface area contributed by atoms with E-state index in [0.29, 0.717) is 32.3 Å². The van der Waals surface area contributed by atoms with Crippen molar-refractivity contribution >= 4 is 18.0 Å². The Bertz CT molecular complexity index is 789. The van der Waals surface area contributed by atoms with Crippen molar-refractivity contribution < 1.29 is 19.0 Å². The summed E-state index contributed by atoms with van der Waals surface area (Å²) in [4.78, 5) is 23.1. The van der Waals surface area contributed by atoms with Crippen LogP contribution in [-0.4, -0.2) is 69.1 Å². The summed E-state index contributed by atoms with van der Waals surface area (Å²) in [6.45, 7) is 2.63. The molecule has 0 aromatic carbocycles. The number of hydrogen-bond donors (Lipinski definition) is 2. The van der Waals surface area contributed by atoms with E-state index < -0.39 is 6.09 Å². The maximum atomic E-state index is 12.2. The van der Waals surface area contributed by atoms with Crippen molar-refractivity contribution in [3.8, 4) is 11.6 Å². The monoisotopic (exact) mass is 404 g/mol. The number of amides is 1. The lowest BCUT2D eigenvalue weighted by atomic mass is 10.1. The lowest BCUT2D eigenvalue weighted by Crippen LogP contribution is -2.37. The molecule has 1 saturated heterocycles. The molecular formula is C17H24N8O4. The van der Waals surface area contributed by atoms with Gasteiger partial charge in [0.15, 0.2) is 0 Å². The number of anilines is 2. The van der Waals surface area contributed by atoms with Gasteiger partial charge in [-0.1, -0.05) is 17.9 Å². The summed E-state index contributed by atoms with van der Waals surface area (Å²) >= 11 is 0. The van der Waals surface area contributed by atoms with Gasteiger partial charge >= 0.3 is 6.09 Å². The fourth-order valence-corrected chi connectivity index (χ4v) is 3.37. The molecule has 1 amide bonds. The normalized spacial score (nSPS) is 18.1. The molecule has 0 radical (unpaired) electrons. The zero-order valence-corrected chi connectivity index (χ0v) is 16.0. The van der Waals surface area contributed by atoms with Crippen LogP contribution >= 0.6 is 0 Å².